The van der Waals surface area contributed by atoms with Crippen LogP contribution in [0.4, 0.5) is 0 Å². The lowest BCUT2D eigenvalue weighted by atomic mass is 9.92. The fourth-order valence-corrected chi connectivity index (χ4v) is 2.56. The Labute approximate surface area is 137 Å². The quantitative estimate of drug-likeness (QED) is 0.759. The normalized spacial score (nSPS) is 20.6. The van der Waals surface area contributed by atoms with Gasteiger partial charge in [-0.05, 0) is 31.2 Å². The third kappa shape index (κ3) is 6.45. The second-order valence-corrected chi connectivity index (χ2v) is 5.62. The van der Waals surface area contributed by atoms with E-state index in [0.717, 1.165) is 31.2 Å². The fraction of sp³-hybridized carbons (Fsp3) is 0.500. The van der Waals surface area contributed by atoms with Gasteiger partial charge in [-0.25, -0.2) is 0 Å². The second-order valence-electron chi connectivity index (χ2n) is 5.62. The molecule has 1 aliphatic carbocycles. The number of benzene rings is 1. The summed E-state index contributed by atoms with van der Waals surface area (Å²) in [5, 5.41) is 5.60. The molecule has 0 unspecified atom stereocenters. The number of halogens is 1. The Hall–Kier alpha value is -1.59. The molecule has 122 valence electrons. The molecule has 1 fully saturated rings. The van der Waals surface area contributed by atoms with Gasteiger partial charge in [0.25, 0.3) is 0 Å². The van der Waals surface area contributed by atoms with Gasteiger partial charge in [0.1, 0.15) is 0 Å². The molecule has 1 saturated carbocycles. The molecule has 1 aromatic rings. The number of hydrogen-bond acceptors (Lipinski definition) is 3. The number of rotatable bonds is 5. The summed E-state index contributed by atoms with van der Waals surface area (Å²) in [4.78, 5) is 23.5. The van der Waals surface area contributed by atoms with E-state index < -0.39 is 0 Å². The van der Waals surface area contributed by atoms with Crippen LogP contribution in [0.3, 0.4) is 0 Å². The maximum absolute atomic E-state index is 11.8. The van der Waals surface area contributed by atoms with E-state index in [4.69, 9.17) is 5.73 Å². The summed E-state index contributed by atoms with van der Waals surface area (Å²) in [7, 11) is 0. The average molecular weight is 326 g/mol. The molecule has 0 heterocycles. The minimum absolute atomic E-state index is 0. The summed E-state index contributed by atoms with van der Waals surface area (Å²) in [6.45, 7) is 0.0359. The van der Waals surface area contributed by atoms with Gasteiger partial charge in [-0.1, -0.05) is 30.3 Å². The SMILES string of the molecule is Cl.NC1CCC(NC(=O)CNC(=O)Cc2ccccc2)CC1. The zero-order valence-electron chi connectivity index (χ0n) is 12.6. The summed E-state index contributed by atoms with van der Waals surface area (Å²) < 4.78 is 0. The van der Waals surface area contributed by atoms with E-state index in [-0.39, 0.29) is 42.8 Å². The van der Waals surface area contributed by atoms with E-state index in [9.17, 15) is 9.59 Å². The number of amides is 2. The van der Waals surface area contributed by atoms with Gasteiger partial charge in [-0.2, -0.15) is 0 Å². The molecule has 0 saturated heterocycles. The fourth-order valence-electron chi connectivity index (χ4n) is 2.56. The monoisotopic (exact) mass is 325 g/mol. The Morgan fingerprint density at radius 3 is 2.32 bits per heavy atom. The van der Waals surface area contributed by atoms with Crippen molar-refractivity contribution in [2.75, 3.05) is 6.54 Å². The minimum atomic E-state index is -0.137. The van der Waals surface area contributed by atoms with Crippen LogP contribution < -0.4 is 16.4 Å². The summed E-state index contributed by atoms with van der Waals surface area (Å²) >= 11 is 0. The summed E-state index contributed by atoms with van der Waals surface area (Å²) in [6.07, 6.45) is 4.04. The van der Waals surface area contributed by atoms with Gasteiger partial charge in [0.05, 0.1) is 13.0 Å². The van der Waals surface area contributed by atoms with Gasteiger partial charge in [0.2, 0.25) is 11.8 Å². The third-order valence-electron chi connectivity index (χ3n) is 3.79. The van der Waals surface area contributed by atoms with Crippen molar-refractivity contribution in [3.8, 4) is 0 Å². The van der Waals surface area contributed by atoms with Gasteiger partial charge < -0.3 is 16.4 Å². The molecule has 0 bridgehead atoms. The van der Waals surface area contributed by atoms with E-state index in [1.54, 1.807) is 0 Å². The largest absolute Gasteiger partial charge is 0.352 e. The third-order valence-corrected chi connectivity index (χ3v) is 3.79. The predicted octanol–water partition coefficient (Wildman–Crippen LogP) is 1.15. The molecular weight excluding hydrogens is 302 g/mol. The van der Waals surface area contributed by atoms with Crippen molar-refractivity contribution in [2.24, 2.45) is 5.73 Å². The van der Waals surface area contributed by atoms with E-state index in [0.29, 0.717) is 6.42 Å². The van der Waals surface area contributed by atoms with Crippen molar-refractivity contribution < 1.29 is 9.59 Å². The van der Waals surface area contributed by atoms with Crippen molar-refractivity contribution in [2.45, 2.75) is 44.2 Å². The van der Waals surface area contributed by atoms with Crippen LogP contribution in [0, 0.1) is 0 Å². The number of hydrogen-bond donors (Lipinski definition) is 3. The van der Waals surface area contributed by atoms with Gasteiger partial charge in [-0.3, -0.25) is 9.59 Å². The van der Waals surface area contributed by atoms with Crippen LogP contribution in [0.25, 0.3) is 0 Å². The van der Waals surface area contributed by atoms with E-state index in [1.807, 2.05) is 30.3 Å². The summed E-state index contributed by atoms with van der Waals surface area (Å²) in [5.74, 6) is -0.265. The van der Waals surface area contributed by atoms with Crippen LogP contribution in [0.1, 0.15) is 31.2 Å². The molecule has 5 nitrogen and oxygen atoms in total. The first-order valence-corrected chi connectivity index (χ1v) is 7.49. The highest BCUT2D eigenvalue weighted by molar-refractivity contribution is 5.86. The number of nitrogens with one attached hydrogen (secondary N) is 2. The topological polar surface area (TPSA) is 84.2 Å². The van der Waals surface area contributed by atoms with Gasteiger partial charge in [0.15, 0.2) is 0 Å². The van der Waals surface area contributed by atoms with E-state index in [2.05, 4.69) is 10.6 Å². The van der Waals surface area contributed by atoms with Crippen LogP contribution in [0.2, 0.25) is 0 Å². The number of carbonyl (C=O) groups is 2. The Bertz CT molecular complexity index is 474. The molecule has 1 aliphatic rings. The Balaban J connectivity index is 0.00000242. The molecule has 4 N–H and O–H groups in total. The van der Waals surface area contributed by atoms with Crippen LogP contribution >= 0.6 is 12.4 Å². The van der Waals surface area contributed by atoms with Crippen molar-refractivity contribution >= 4 is 24.2 Å². The van der Waals surface area contributed by atoms with Crippen LogP contribution in [-0.2, 0) is 16.0 Å². The Morgan fingerprint density at radius 1 is 1.05 bits per heavy atom. The van der Waals surface area contributed by atoms with Crippen molar-refractivity contribution in [1.29, 1.82) is 0 Å². The lowest BCUT2D eigenvalue weighted by molar-refractivity contribution is -0.126. The number of nitrogens with two attached hydrogens (primary N) is 1. The molecule has 22 heavy (non-hydrogen) atoms. The highest BCUT2D eigenvalue weighted by Gasteiger charge is 2.19. The zero-order valence-corrected chi connectivity index (χ0v) is 13.4. The molecule has 0 radical (unpaired) electrons. The van der Waals surface area contributed by atoms with Gasteiger partial charge >= 0.3 is 0 Å². The lowest BCUT2D eigenvalue weighted by Crippen LogP contribution is -2.44. The first-order valence-electron chi connectivity index (χ1n) is 7.49. The Kier molecular flexibility index (Phi) is 7.91. The van der Waals surface area contributed by atoms with Crippen molar-refractivity contribution in [1.82, 2.24) is 10.6 Å². The molecular formula is C16H24ClN3O2. The molecule has 0 aromatic heterocycles. The van der Waals surface area contributed by atoms with Crippen molar-refractivity contribution in [3.63, 3.8) is 0 Å². The summed E-state index contributed by atoms with van der Waals surface area (Å²) in [6, 6.07) is 9.94. The average Bonchev–Trinajstić information content (AvgIpc) is 2.49. The standard InChI is InChI=1S/C16H23N3O2.ClH/c17-13-6-8-14(9-7-13)19-16(21)11-18-15(20)10-12-4-2-1-3-5-12;/h1-5,13-14H,6-11,17H2,(H,18,20)(H,19,21);1H. The maximum Gasteiger partial charge on any atom is 0.239 e. The molecule has 0 spiro atoms. The van der Waals surface area contributed by atoms with E-state index in [1.165, 1.54) is 0 Å². The highest BCUT2D eigenvalue weighted by Crippen LogP contribution is 2.16. The molecule has 1 aromatic carbocycles. The highest BCUT2D eigenvalue weighted by atomic mass is 35.5. The minimum Gasteiger partial charge on any atom is -0.352 e. The molecule has 2 rings (SSSR count). The summed E-state index contributed by atoms with van der Waals surface area (Å²) in [5.41, 5.74) is 6.77. The molecule has 0 atom stereocenters. The number of carbonyl (C=O) groups excluding carboxylic acids is 2. The molecule has 0 aliphatic heterocycles. The molecule has 2 amide bonds. The molecule has 6 heteroatoms. The van der Waals surface area contributed by atoms with Gasteiger partial charge in [-0.15, -0.1) is 12.4 Å². The second kappa shape index (κ2) is 9.43. The smallest absolute Gasteiger partial charge is 0.239 e. The predicted molar refractivity (Wildman–Crippen MR) is 88.8 cm³/mol. The Morgan fingerprint density at radius 2 is 1.68 bits per heavy atom. The van der Waals surface area contributed by atoms with Crippen LogP contribution in [-0.4, -0.2) is 30.4 Å². The van der Waals surface area contributed by atoms with Crippen LogP contribution in [0.15, 0.2) is 30.3 Å². The van der Waals surface area contributed by atoms with Crippen LogP contribution in [0.5, 0.6) is 0 Å². The first-order chi connectivity index (χ1) is 10.1. The van der Waals surface area contributed by atoms with Crippen molar-refractivity contribution in [3.05, 3.63) is 35.9 Å². The van der Waals surface area contributed by atoms with E-state index >= 15 is 0 Å². The zero-order chi connectivity index (χ0) is 15.1. The maximum atomic E-state index is 11.8. The van der Waals surface area contributed by atoms with Gasteiger partial charge in [0, 0.05) is 12.1 Å². The first kappa shape index (κ1) is 18.5. The lowest BCUT2D eigenvalue weighted by Gasteiger charge is -2.26.